The molecule has 0 radical (unpaired) electrons. The lowest BCUT2D eigenvalue weighted by Gasteiger charge is -2.10. The number of rotatable bonds is 5. The van der Waals surface area contributed by atoms with Gasteiger partial charge in [0, 0.05) is 10.6 Å². The molecule has 112 valence electrons. The van der Waals surface area contributed by atoms with Crippen molar-refractivity contribution in [2.24, 2.45) is 0 Å². The van der Waals surface area contributed by atoms with Crippen molar-refractivity contribution in [2.75, 3.05) is 6.61 Å². The van der Waals surface area contributed by atoms with Gasteiger partial charge in [-0.05, 0) is 25.1 Å². The Bertz CT molecular complexity index is 648. The fourth-order valence-electron chi connectivity index (χ4n) is 1.65. The molecule has 0 aliphatic heterocycles. The fourth-order valence-corrected chi connectivity index (χ4v) is 1.81. The molecule has 0 saturated carbocycles. The molecule has 0 bridgehead atoms. The van der Waals surface area contributed by atoms with E-state index in [1.165, 1.54) is 18.2 Å². The number of carbonyl (C=O) groups is 1. The van der Waals surface area contributed by atoms with Crippen molar-refractivity contribution in [1.29, 1.82) is 0 Å². The number of aromatic nitrogens is 3. The van der Waals surface area contributed by atoms with Crippen molar-refractivity contribution in [1.82, 2.24) is 15.4 Å². The SMILES string of the molecule is CCOC(=O)c1n[nH]nc1-c1ccc(Cl)cc1OC(F)F. The standard InChI is InChI=1S/C12H10ClF2N3O3/c1-2-20-11(19)10-9(16-18-17-10)7-4-3-6(13)5-8(7)21-12(14)15/h3-5,12H,2H2,1H3,(H,16,17,18). The molecule has 1 N–H and O–H groups in total. The highest BCUT2D eigenvalue weighted by molar-refractivity contribution is 6.30. The molecule has 0 saturated heterocycles. The van der Waals surface area contributed by atoms with Crippen LogP contribution in [0, 0.1) is 0 Å². The van der Waals surface area contributed by atoms with Crippen LogP contribution in [0.4, 0.5) is 8.78 Å². The molecule has 1 aromatic heterocycles. The quantitative estimate of drug-likeness (QED) is 0.858. The molecule has 2 aromatic rings. The summed E-state index contributed by atoms with van der Waals surface area (Å²) >= 11 is 5.75. The van der Waals surface area contributed by atoms with Crippen LogP contribution in [-0.2, 0) is 4.74 Å². The number of H-pyrrole nitrogens is 1. The van der Waals surface area contributed by atoms with Crippen molar-refractivity contribution in [3.63, 3.8) is 0 Å². The molecular weight excluding hydrogens is 308 g/mol. The minimum atomic E-state index is -3.04. The first kappa shape index (κ1) is 15.2. The molecule has 6 nitrogen and oxygen atoms in total. The molecule has 9 heteroatoms. The van der Waals surface area contributed by atoms with Crippen molar-refractivity contribution >= 4 is 17.6 Å². The van der Waals surface area contributed by atoms with E-state index in [4.69, 9.17) is 16.3 Å². The number of halogens is 3. The number of hydrogen-bond acceptors (Lipinski definition) is 5. The number of carbonyl (C=O) groups excluding carboxylic acids is 1. The second-order valence-corrected chi connectivity index (χ2v) is 4.20. The molecule has 1 aromatic carbocycles. The zero-order valence-corrected chi connectivity index (χ0v) is 11.5. The van der Waals surface area contributed by atoms with E-state index >= 15 is 0 Å². The third kappa shape index (κ3) is 3.46. The van der Waals surface area contributed by atoms with E-state index in [-0.39, 0.29) is 34.3 Å². The lowest BCUT2D eigenvalue weighted by atomic mass is 10.1. The van der Waals surface area contributed by atoms with Gasteiger partial charge in [0.25, 0.3) is 0 Å². The summed E-state index contributed by atoms with van der Waals surface area (Å²) < 4.78 is 34.1. The smallest absolute Gasteiger partial charge is 0.387 e. The van der Waals surface area contributed by atoms with Gasteiger partial charge in [-0.25, -0.2) is 4.79 Å². The Morgan fingerprint density at radius 1 is 1.43 bits per heavy atom. The summed E-state index contributed by atoms with van der Waals surface area (Å²) in [6, 6.07) is 4.06. The second kappa shape index (κ2) is 6.49. The molecular formula is C12H10ClF2N3O3. The van der Waals surface area contributed by atoms with Crippen LogP contribution >= 0.6 is 11.6 Å². The van der Waals surface area contributed by atoms with Gasteiger partial charge < -0.3 is 9.47 Å². The summed E-state index contributed by atoms with van der Waals surface area (Å²) in [5, 5.41) is 9.91. The van der Waals surface area contributed by atoms with Crippen LogP contribution in [-0.4, -0.2) is 34.6 Å². The topological polar surface area (TPSA) is 77.1 Å². The summed E-state index contributed by atoms with van der Waals surface area (Å²) in [6.07, 6.45) is 0. The summed E-state index contributed by atoms with van der Waals surface area (Å²) in [5.74, 6) is -0.934. The fraction of sp³-hybridized carbons (Fsp3) is 0.250. The Labute approximate surface area is 123 Å². The first-order chi connectivity index (χ1) is 10.0. The summed E-state index contributed by atoms with van der Waals surface area (Å²) in [7, 11) is 0. The molecule has 0 atom stereocenters. The number of nitrogens with one attached hydrogen (secondary N) is 1. The average Bonchev–Trinajstić information content (AvgIpc) is 2.87. The first-order valence-electron chi connectivity index (χ1n) is 5.85. The maximum Gasteiger partial charge on any atom is 0.387 e. The molecule has 0 aliphatic rings. The van der Waals surface area contributed by atoms with Crippen LogP contribution in [0.5, 0.6) is 5.75 Å². The number of alkyl halides is 2. The van der Waals surface area contributed by atoms with E-state index in [2.05, 4.69) is 20.1 Å². The van der Waals surface area contributed by atoms with Gasteiger partial charge in [-0.2, -0.15) is 19.1 Å². The summed E-state index contributed by atoms with van der Waals surface area (Å²) in [5.41, 5.74) is 0.0653. The molecule has 21 heavy (non-hydrogen) atoms. The number of benzene rings is 1. The van der Waals surface area contributed by atoms with Crippen LogP contribution in [0.25, 0.3) is 11.3 Å². The predicted octanol–water partition coefficient (Wildman–Crippen LogP) is 2.90. The normalized spacial score (nSPS) is 10.7. The van der Waals surface area contributed by atoms with E-state index in [0.717, 1.165) is 0 Å². The van der Waals surface area contributed by atoms with Gasteiger partial charge in [0.15, 0.2) is 5.69 Å². The summed E-state index contributed by atoms with van der Waals surface area (Å²) in [4.78, 5) is 11.7. The third-order valence-corrected chi connectivity index (χ3v) is 2.67. The minimum absolute atomic E-state index is 0.0424. The number of ether oxygens (including phenoxy) is 2. The van der Waals surface area contributed by atoms with Gasteiger partial charge in [-0.15, -0.1) is 5.10 Å². The molecule has 0 unspecified atom stereocenters. The number of hydrogen-bond donors (Lipinski definition) is 1. The monoisotopic (exact) mass is 317 g/mol. The van der Waals surface area contributed by atoms with Gasteiger partial charge in [0.05, 0.1) is 6.61 Å². The Kier molecular flexibility index (Phi) is 4.69. The zero-order valence-electron chi connectivity index (χ0n) is 10.8. The first-order valence-corrected chi connectivity index (χ1v) is 6.23. The van der Waals surface area contributed by atoms with E-state index in [1.807, 2.05) is 0 Å². The third-order valence-electron chi connectivity index (χ3n) is 2.43. The number of nitrogens with zero attached hydrogens (tertiary/aromatic N) is 2. The minimum Gasteiger partial charge on any atom is -0.461 e. The largest absolute Gasteiger partial charge is 0.461 e. The lowest BCUT2D eigenvalue weighted by Crippen LogP contribution is -2.08. The predicted molar refractivity (Wildman–Crippen MR) is 69.4 cm³/mol. The van der Waals surface area contributed by atoms with Gasteiger partial charge in [-0.1, -0.05) is 11.6 Å². The van der Waals surface area contributed by atoms with Crippen LogP contribution in [0.2, 0.25) is 5.02 Å². The highest BCUT2D eigenvalue weighted by atomic mass is 35.5. The van der Waals surface area contributed by atoms with Crippen LogP contribution in [0.15, 0.2) is 18.2 Å². The molecule has 0 spiro atoms. The van der Waals surface area contributed by atoms with Gasteiger partial charge in [0.1, 0.15) is 11.4 Å². The molecule has 0 amide bonds. The van der Waals surface area contributed by atoms with Gasteiger partial charge >= 0.3 is 12.6 Å². The Hall–Kier alpha value is -2.22. The van der Waals surface area contributed by atoms with Crippen molar-refractivity contribution < 1.29 is 23.0 Å². The van der Waals surface area contributed by atoms with E-state index < -0.39 is 12.6 Å². The average molecular weight is 318 g/mol. The maximum absolute atomic E-state index is 12.5. The molecule has 0 fully saturated rings. The van der Waals surface area contributed by atoms with Crippen molar-refractivity contribution in [2.45, 2.75) is 13.5 Å². The highest BCUT2D eigenvalue weighted by Gasteiger charge is 2.23. The number of aromatic amines is 1. The maximum atomic E-state index is 12.5. The Balaban J connectivity index is 2.47. The van der Waals surface area contributed by atoms with E-state index in [9.17, 15) is 13.6 Å². The second-order valence-electron chi connectivity index (χ2n) is 3.76. The van der Waals surface area contributed by atoms with Crippen LogP contribution < -0.4 is 4.74 Å². The molecule has 0 aliphatic carbocycles. The lowest BCUT2D eigenvalue weighted by molar-refractivity contribution is -0.0494. The highest BCUT2D eigenvalue weighted by Crippen LogP contribution is 2.33. The van der Waals surface area contributed by atoms with E-state index in [0.29, 0.717) is 0 Å². The molecule has 1 heterocycles. The van der Waals surface area contributed by atoms with Crippen molar-refractivity contribution in [3.05, 3.63) is 28.9 Å². The summed E-state index contributed by atoms with van der Waals surface area (Å²) in [6.45, 7) is -1.27. The van der Waals surface area contributed by atoms with Crippen LogP contribution in [0.3, 0.4) is 0 Å². The van der Waals surface area contributed by atoms with Crippen LogP contribution in [0.1, 0.15) is 17.4 Å². The Morgan fingerprint density at radius 3 is 2.86 bits per heavy atom. The number of esters is 1. The Morgan fingerprint density at radius 2 is 2.19 bits per heavy atom. The zero-order chi connectivity index (χ0) is 15.4. The van der Waals surface area contributed by atoms with Crippen molar-refractivity contribution in [3.8, 4) is 17.0 Å². The van der Waals surface area contributed by atoms with E-state index in [1.54, 1.807) is 6.92 Å². The van der Waals surface area contributed by atoms with Gasteiger partial charge in [-0.3, -0.25) is 0 Å². The van der Waals surface area contributed by atoms with Gasteiger partial charge in [0.2, 0.25) is 0 Å². The molecule has 2 rings (SSSR count).